The van der Waals surface area contributed by atoms with Crippen molar-refractivity contribution >= 4 is 45.7 Å². The van der Waals surface area contributed by atoms with Gasteiger partial charge in [-0.25, -0.2) is 4.68 Å². The summed E-state index contributed by atoms with van der Waals surface area (Å²) >= 11 is 0.876. The summed E-state index contributed by atoms with van der Waals surface area (Å²) in [4.78, 5) is 51.0. The molecule has 32 heavy (non-hydrogen) atoms. The molecule has 0 saturated carbocycles. The highest BCUT2D eigenvalue weighted by molar-refractivity contribution is 8.18. The van der Waals surface area contributed by atoms with Crippen LogP contribution < -0.4 is 10.9 Å². The van der Waals surface area contributed by atoms with Crippen LogP contribution in [0.15, 0.2) is 64.4 Å². The van der Waals surface area contributed by atoms with Gasteiger partial charge in [-0.05, 0) is 36.4 Å². The standard InChI is InChI=1S/C23H20N4O4S/c1-15-6-8-16(9-7-15)12-19-22(30)26(23(31)32-19)11-10-24-20(28)14-27-21(29)18-5-3-2-4-17(18)13-25-27/h2-9,12-13H,10-11,14H2,1H3,(H,24,28)/b19-12-. The van der Waals surface area contributed by atoms with E-state index in [0.29, 0.717) is 15.7 Å². The second kappa shape index (κ2) is 9.19. The van der Waals surface area contributed by atoms with Crippen LogP contribution in [0.2, 0.25) is 0 Å². The molecule has 0 atom stereocenters. The van der Waals surface area contributed by atoms with E-state index in [0.717, 1.165) is 32.5 Å². The van der Waals surface area contributed by atoms with Gasteiger partial charge in [0.25, 0.3) is 16.7 Å². The van der Waals surface area contributed by atoms with E-state index in [1.54, 1.807) is 30.3 Å². The van der Waals surface area contributed by atoms with Crippen molar-refractivity contribution in [1.29, 1.82) is 0 Å². The Morgan fingerprint density at radius 2 is 1.84 bits per heavy atom. The van der Waals surface area contributed by atoms with Crippen molar-refractivity contribution in [1.82, 2.24) is 20.0 Å². The molecule has 1 fully saturated rings. The smallest absolute Gasteiger partial charge is 0.293 e. The lowest BCUT2D eigenvalue weighted by atomic mass is 10.1. The molecule has 0 spiro atoms. The van der Waals surface area contributed by atoms with E-state index in [4.69, 9.17) is 0 Å². The Morgan fingerprint density at radius 1 is 1.09 bits per heavy atom. The van der Waals surface area contributed by atoms with Gasteiger partial charge in [0.1, 0.15) is 6.54 Å². The number of rotatable bonds is 6. The maximum absolute atomic E-state index is 12.6. The molecule has 1 N–H and O–H groups in total. The van der Waals surface area contributed by atoms with E-state index in [1.165, 1.54) is 6.20 Å². The predicted molar refractivity (Wildman–Crippen MR) is 123 cm³/mol. The Kier molecular flexibility index (Phi) is 6.18. The highest BCUT2D eigenvalue weighted by Gasteiger charge is 2.34. The first-order valence-corrected chi connectivity index (χ1v) is 10.8. The minimum atomic E-state index is -0.433. The van der Waals surface area contributed by atoms with Crippen molar-refractivity contribution in [3.8, 4) is 0 Å². The van der Waals surface area contributed by atoms with Crippen LogP contribution >= 0.6 is 11.8 Å². The Morgan fingerprint density at radius 3 is 2.62 bits per heavy atom. The van der Waals surface area contributed by atoms with E-state index in [9.17, 15) is 19.2 Å². The van der Waals surface area contributed by atoms with Gasteiger partial charge in [0.2, 0.25) is 5.91 Å². The fourth-order valence-electron chi connectivity index (χ4n) is 3.25. The van der Waals surface area contributed by atoms with Gasteiger partial charge in [-0.3, -0.25) is 24.1 Å². The van der Waals surface area contributed by atoms with Crippen molar-refractivity contribution in [2.45, 2.75) is 13.5 Å². The molecule has 3 aromatic rings. The van der Waals surface area contributed by atoms with Gasteiger partial charge < -0.3 is 5.32 Å². The first-order valence-electron chi connectivity index (χ1n) is 9.96. The van der Waals surface area contributed by atoms with Crippen molar-refractivity contribution in [3.05, 3.63) is 81.1 Å². The van der Waals surface area contributed by atoms with Gasteiger partial charge in [-0.2, -0.15) is 5.10 Å². The molecule has 0 bridgehead atoms. The molecule has 3 amide bonds. The third kappa shape index (κ3) is 4.62. The van der Waals surface area contributed by atoms with Crippen LogP contribution in [0, 0.1) is 6.92 Å². The Labute approximate surface area is 187 Å². The Bertz CT molecular complexity index is 1300. The van der Waals surface area contributed by atoms with Crippen LogP contribution in [-0.4, -0.2) is 44.8 Å². The third-order valence-corrected chi connectivity index (χ3v) is 5.87. The molecule has 8 nitrogen and oxygen atoms in total. The van der Waals surface area contributed by atoms with Gasteiger partial charge >= 0.3 is 0 Å². The van der Waals surface area contributed by atoms with Crippen molar-refractivity contribution in [2.75, 3.05) is 13.1 Å². The number of carbonyl (C=O) groups excluding carboxylic acids is 3. The highest BCUT2D eigenvalue weighted by atomic mass is 32.2. The number of nitrogens with one attached hydrogen (secondary N) is 1. The van der Waals surface area contributed by atoms with Crippen molar-refractivity contribution in [3.63, 3.8) is 0 Å². The van der Waals surface area contributed by atoms with Crippen molar-refractivity contribution in [2.24, 2.45) is 0 Å². The monoisotopic (exact) mass is 448 g/mol. The van der Waals surface area contributed by atoms with Gasteiger partial charge in [0.15, 0.2) is 0 Å². The summed E-state index contributed by atoms with van der Waals surface area (Å²) in [6, 6.07) is 14.6. The summed E-state index contributed by atoms with van der Waals surface area (Å²) < 4.78 is 1.09. The van der Waals surface area contributed by atoms with Gasteiger partial charge in [0.05, 0.1) is 16.5 Å². The minimum absolute atomic E-state index is 0.0433. The summed E-state index contributed by atoms with van der Waals surface area (Å²) in [5.74, 6) is -0.820. The molecule has 1 aliphatic heterocycles. The van der Waals surface area contributed by atoms with Crippen LogP contribution in [0.5, 0.6) is 0 Å². The Hall–Kier alpha value is -3.72. The molecule has 0 aliphatic carbocycles. The van der Waals surface area contributed by atoms with Crippen LogP contribution in [-0.2, 0) is 16.1 Å². The molecular formula is C23H20N4O4S. The first kappa shape index (κ1) is 21.5. The van der Waals surface area contributed by atoms with Crippen LogP contribution in [0.25, 0.3) is 16.8 Å². The van der Waals surface area contributed by atoms with E-state index in [2.05, 4.69) is 10.4 Å². The number of imide groups is 1. The first-order chi connectivity index (χ1) is 15.4. The molecule has 1 aromatic heterocycles. The Balaban J connectivity index is 1.34. The number of fused-ring (bicyclic) bond motifs is 1. The molecule has 2 heterocycles. The fourth-order valence-corrected chi connectivity index (χ4v) is 4.11. The number of hydrogen-bond acceptors (Lipinski definition) is 6. The van der Waals surface area contributed by atoms with Gasteiger partial charge in [0, 0.05) is 18.5 Å². The zero-order chi connectivity index (χ0) is 22.7. The number of aryl methyl sites for hydroxylation is 1. The maximum Gasteiger partial charge on any atom is 0.293 e. The lowest BCUT2D eigenvalue weighted by molar-refractivity contribution is -0.124. The fraction of sp³-hybridized carbons (Fsp3) is 0.174. The number of benzene rings is 2. The predicted octanol–water partition coefficient (Wildman–Crippen LogP) is 2.56. The number of amides is 3. The van der Waals surface area contributed by atoms with E-state index >= 15 is 0 Å². The molecule has 9 heteroatoms. The molecule has 2 aromatic carbocycles. The average Bonchev–Trinajstić information content (AvgIpc) is 3.05. The number of aromatic nitrogens is 2. The lowest BCUT2D eigenvalue weighted by Crippen LogP contribution is -2.39. The largest absolute Gasteiger partial charge is 0.353 e. The minimum Gasteiger partial charge on any atom is -0.353 e. The zero-order valence-corrected chi connectivity index (χ0v) is 18.1. The molecule has 0 unspecified atom stereocenters. The van der Waals surface area contributed by atoms with E-state index in [-0.39, 0.29) is 36.3 Å². The summed E-state index contributed by atoms with van der Waals surface area (Å²) in [6.45, 7) is 1.84. The quantitative estimate of drug-likeness (QED) is 0.582. The zero-order valence-electron chi connectivity index (χ0n) is 17.3. The van der Waals surface area contributed by atoms with Crippen molar-refractivity contribution < 1.29 is 14.4 Å². The molecular weight excluding hydrogens is 428 g/mol. The number of hydrogen-bond donors (Lipinski definition) is 1. The SMILES string of the molecule is Cc1ccc(/C=C2\SC(=O)N(CCNC(=O)Cn3ncc4ccccc4c3=O)C2=O)cc1. The van der Waals surface area contributed by atoms with E-state index in [1.807, 2.05) is 31.2 Å². The number of carbonyl (C=O) groups is 3. The third-order valence-electron chi connectivity index (χ3n) is 4.96. The second-order valence-corrected chi connectivity index (χ2v) is 8.28. The van der Waals surface area contributed by atoms with Crippen LogP contribution in [0.3, 0.4) is 0 Å². The summed E-state index contributed by atoms with van der Waals surface area (Å²) in [6.07, 6.45) is 3.21. The molecule has 4 rings (SSSR count). The topological polar surface area (TPSA) is 101 Å². The van der Waals surface area contributed by atoms with Crippen LogP contribution in [0.4, 0.5) is 4.79 Å². The summed E-state index contributed by atoms with van der Waals surface area (Å²) in [5.41, 5.74) is 1.58. The number of thioether (sulfide) groups is 1. The summed E-state index contributed by atoms with van der Waals surface area (Å²) in [7, 11) is 0. The van der Waals surface area contributed by atoms with Gasteiger partial charge in [-0.15, -0.1) is 0 Å². The average molecular weight is 449 g/mol. The van der Waals surface area contributed by atoms with Gasteiger partial charge in [-0.1, -0.05) is 48.0 Å². The lowest BCUT2D eigenvalue weighted by Gasteiger charge is -2.13. The second-order valence-electron chi connectivity index (χ2n) is 7.29. The van der Waals surface area contributed by atoms with Crippen LogP contribution in [0.1, 0.15) is 11.1 Å². The number of nitrogens with zero attached hydrogens (tertiary/aromatic N) is 3. The molecule has 0 radical (unpaired) electrons. The molecule has 1 saturated heterocycles. The molecule has 162 valence electrons. The normalized spacial score (nSPS) is 15.0. The summed E-state index contributed by atoms with van der Waals surface area (Å²) in [5, 5.41) is 7.46. The maximum atomic E-state index is 12.6. The highest BCUT2D eigenvalue weighted by Crippen LogP contribution is 2.31. The van der Waals surface area contributed by atoms with E-state index < -0.39 is 5.91 Å². The molecule has 1 aliphatic rings.